The number of hydrogen-bond acceptors (Lipinski definition) is 5. The van der Waals surface area contributed by atoms with Gasteiger partial charge >= 0.3 is 0 Å². The van der Waals surface area contributed by atoms with E-state index in [0.717, 1.165) is 63.9 Å². The van der Waals surface area contributed by atoms with Crippen molar-refractivity contribution in [3.8, 4) is 0 Å². The summed E-state index contributed by atoms with van der Waals surface area (Å²) in [7, 11) is 0. The molecule has 0 amide bonds. The van der Waals surface area contributed by atoms with Crippen molar-refractivity contribution < 1.29 is 4.39 Å². The number of aromatic nitrogens is 2. The van der Waals surface area contributed by atoms with E-state index >= 15 is 0 Å². The van der Waals surface area contributed by atoms with Gasteiger partial charge in [0, 0.05) is 45.5 Å². The molecule has 0 radical (unpaired) electrons. The molecule has 2 heterocycles. The van der Waals surface area contributed by atoms with E-state index in [1.807, 2.05) is 24.4 Å². The highest BCUT2D eigenvalue weighted by molar-refractivity contribution is 5.50. The monoisotopic (exact) mass is 357 g/mol. The first kappa shape index (κ1) is 18.4. The second-order valence-corrected chi connectivity index (χ2v) is 6.63. The first-order valence-electron chi connectivity index (χ1n) is 9.55. The minimum Gasteiger partial charge on any atom is -0.366 e. The van der Waals surface area contributed by atoms with Gasteiger partial charge in [0.2, 0.25) is 5.95 Å². The molecule has 3 rings (SSSR count). The highest BCUT2D eigenvalue weighted by Gasteiger charge is 2.21. The summed E-state index contributed by atoms with van der Waals surface area (Å²) in [5, 5.41) is 0. The Balaban J connectivity index is 1.68. The summed E-state index contributed by atoms with van der Waals surface area (Å²) in [5.41, 5.74) is 0.680. The number of hydrogen-bond donors (Lipinski definition) is 0. The Labute approximate surface area is 155 Å². The SMILES string of the molecule is CCCN(CCC)c1ccnc(N2CCN(c3ccccc3F)CC2)n1. The Morgan fingerprint density at radius 2 is 1.62 bits per heavy atom. The molecule has 0 bridgehead atoms. The molecule has 5 nitrogen and oxygen atoms in total. The van der Waals surface area contributed by atoms with Crippen LogP contribution in [0.15, 0.2) is 36.5 Å². The molecule has 1 aliphatic rings. The number of halogens is 1. The summed E-state index contributed by atoms with van der Waals surface area (Å²) in [6.07, 6.45) is 4.04. The van der Waals surface area contributed by atoms with Gasteiger partial charge in [0.25, 0.3) is 0 Å². The average Bonchev–Trinajstić information content (AvgIpc) is 2.68. The van der Waals surface area contributed by atoms with Gasteiger partial charge in [-0.2, -0.15) is 4.98 Å². The molecule has 1 saturated heterocycles. The number of piperazine rings is 1. The normalized spacial score (nSPS) is 14.6. The van der Waals surface area contributed by atoms with Gasteiger partial charge in [-0.3, -0.25) is 0 Å². The Morgan fingerprint density at radius 1 is 0.962 bits per heavy atom. The van der Waals surface area contributed by atoms with Crippen LogP contribution in [0.3, 0.4) is 0 Å². The molecule has 1 aromatic heterocycles. The molecule has 0 saturated carbocycles. The molecule has 0 aliphatic carbocycles. The van der Waals surface area contributed by atoms with Crippen molar-refractivity contribution in [3.63, 3.8) is 0 Å². The van der Waals surface area contributed by atoms with Gasteiger partial charge in [0.15, 0.2) is 0 Å². The quantitative estimate of drug-likeness (QED) is 0.757. The van der Waals surface area contributed by atoms with E-state index in [-0.39, 0.29) is 5.82 Å². The highest BCUT2D eigenvalue weighted by Crippen LogP contribution is 2.22. The third-order valence-corrected chi connectivity index (χ3v) is 4.69. The average molecular weight is 357 g/mol. The van der Waals surface area contributed by atoms with E-state index in [4.69, 9.17) is 4.98 Å². The molecular weight excluding hydrogens is 329 g/mol. The zero-order valence-corrected chi connectivity index (χ0v) is 15.7. The minimum absolute atomic E-state index is 0.158. The fourth-order valence-corrected chi connectivity index (χ4v) is 3.40. The highest BCUT2D eigenvalue weighted by atomic mass is 19.1. The van der Waals surface area contributed by atoms with Crippen LogP contribution in [0.1, 0.15) is 26.7 Å². The third-order valence-electron chi connectivity index (χ3n) is 4.69. The van der Waals surface area contributed by atoms with Crippen LogP contribution in [0.25, 0.3) is 0 Å². The minimum atomic E-state index is -0.158. The van der Waals surface area contributed by atoms with Crippen LogP contribution in [-0.4, -0.2) is 49.2 Å². The maximum atomic E-state index is 14.0. The van der Waals surface area contributed by atoms with Gasteiger partial charge in [0.05, 0.1) is 5.69 Å². The van der Waals surface area contributed by atoms with Crippen molar-refractivity contribution in [2.75, 3.05) is 54.0 Å². The second kappa shape index (κ2) is 8.83. The summed E-state index contributed by atoms with van der Waals surface area (Å²) < 4.78 is 14.0. The van der Waals surface area contributed by atoms with Crippen molar-refractivity contribution in [3.05, 3.63) is 42.3 Å². The van der Waals surface area contributed by atoms with Gasteiger partial charge in [-0.1, -0.05) is 26.0 Å². The molecule has 26 heavy (non-hydrogen) atoms. The standard InChI is InChI=1S/C20H28FN5/c1-3-11-25(12-4-2)19-9-10-22-20(23-19)26-15-13-24(14-16-26)18-8-6-5-7-17(18)21/h5-10H,3-4,11-16H2,1-2H3. The van der Waals surface area contributed by atoms with E-state index in [2.05, 4.69) is 33.5 Å². The van der Waals surface area contributed by atoms with Crippen molar-refractivity contribution in [1.82, 2.24) is 9.97 Å². The zero-order valence-electron chi connectivity index (χ0n) is 15.7. The van der Waals surface area contributed by atoms with Crippen LogP contribution in [0.5, 0.6) is 0 Å². The fourth-order valence-electron chi connectivity index (χ4n) is 3.40. The van der Waals surface area contributed by atoms with Gasteiger partial charge in [-0.15, -0.1) is 0 Å². The van der Waals surface area contributed by atoms with Crippen LogP contribution < -0.4 is 14.7 Å². The molecule has 6 heteroatoms. The predicted octanol–water partition coefficient (Wildman–Crippen LogP) is 3.57. The maximum absolute atomic E-state index is 14.0. The number of anilines is 3. The van der Waals surface area contributed by atoms with Crippen LogP contribution in [0.4, 0.5) is 21.8 Å². The van der Waals surface area contributed by atoms with E-state index in [9.17, 15) is 4.39 Å². The molecule has 0 N–H and O–H groups in total. The lowest BCUT2D eigenvalue weighted by molar-refractivity contribution is 0.593. The second-order valence-electron chi connectivity index (χ2n) is 6.63. The lowest BCUT2D eigenvalue weighted by atomic mass is 10.2. The van der Waals surface area contributed by atoms with Crippen LogP contribution in [0, 0.1) is 5.82 Å². The fraction of sp³-hybridized carbons (Fsp3) is 0.500. The molecule has 0 spiro atoms. The van der Waals surface area contributed by atoms with Crippen molar-refractivity contribution in [2.45, 2.75) is 26.7 Å². The van der Waals surface area contributed by atoms with E-state index in [0.29, 0.717) is 5.69 Å². The molecular formula is C20H28FN5. The van der Waals surface area contributed by atoms with Gasteiger partial charge < -0.3 is 14.7 Å². The van der Waals surface area contributed by atoms with E-state index in [1.54, 1.807) is 6.07 Å². The predicted molar refractivity (Wildman–Crippen MR) is 106 cm³/mol. The first-order valence-corrected chi connectivity index (χ1v) is 9.55. The Bertz CT molecular complexity index is 694. The molecule has 1 aromatic carbocycles. The van der Waals surface area contributed by atoms with E-state index in [1.165, 1.54) is 6.07 Å². The topological polar surface area (TPSA) is 35.5 Å². The summed E-state index contributed by atoms with van der Waals surface area (Å²) in [4.78, 5) is 15.9. The van der Waals surface area contributed by atoms with Crippen molar-refractivity contribution in [2.24, 2.45) is 0 Å². The van der Waals surface area contributed by atoms with Crippen LogP contribution in [-0.2, 0) is 0 Å². The largest absolute Gasteiger partial charge is 0.366 e. The van der Waals surface area contributed by atoms with Crippen LogP contribution in [0.2, 0.25) is 0 Å². The molecule has 1 aliphatic heterocycles. The summed E-state index contributed by atoms with van der Waals surface area (Å²) in [5.74, 6) is 1.61. The summed E-state index contributed by atoms with van der Waals surface area (Å²) >= 11 is 0. The maximum Gasteiger partial charge on any atom is 0.227 e. The van der Waals surface area contributed by atoms with Crippen molar-refractivity contribution >= 4 is 17.5 Å². The number of para-hydroxylation sites is 1. The van der Waals surface area contributed by atoms with E-state index < -0.39 is 0 Å². The van der Waals surface area contributed by atoms with Gasteiger partial charge in [-0.05, 0) is 31.0 Å². The number of rotatable bonds is 7. The Hall–Kier alpha value is -2.37. The van der Waals surface area contributed by atoms with Gasteiger partial charge in [-0.25, -0.2) is 9.37 Å². The Kier molecular flexibility index (Phi) is 6.26. The molecule has 0 unspecified atom stereocenters. The lowest BCUT2D eigenvalue weighted by Gasteiger charge is -2.36. The molecule has 0 atom stereocenters. The van der Waals surface area contributed by atoms with Gasteiger partial charge in [0.1, 0.15) is 11.6 Å². The molecule has 1 fully saturated rings. The first-order chi connectivity index (χ1) is 12.7. The lowest BCUT2D eigenvalue weighted by Crippen LogP contribution is -2.47. The zero-order chi connectivity index (χ0) is 18.4. The smallest absolute Gasteiger partial charge is 0.227 e. The summed E-state index contributed by atoms with van der Waals surface area (Å²) in [6.45, 7) is 9.50. The molecule has 2 aromatic rings. The summed E-state index contributed by atoms with van der Waals surface area (Å²) in [6, 6.07) is 8.96. The molecule has 140 valence electrons. The Morgan fingerprint density at radius 3 is 2.27 bits per heavy atom. The van der Waals surface area contributed by atoms with Crippen molar-refractivity contribution in [1.29, 1.82) is 0 Å². The van der Waals surface area contributed by atoms with Crippen LogP contribution >= 0.6 is 0 Å². The third kappa shape index (κ3) is 4.23. The number of benzene rings is 1. The number of nitrogens with zero attached hydrogens (tertiary/aromatic N) is 5.